The maximum Gasteiger partial charge on any atom is 0.145 e. The third kappa shape index (κ3) is 4.71. The molecule has 1 aliphatic heterocycles. The Morgan fingerprint density at radius 3 is 2.89 bits per heavy atom. The molecule has 1 saturated heterocycles. The molecular formula is C15H20BrNO2. The van der Waals surface area contributed by atoms with E-state index in [1.165, 1.54) is 5.56 Å². The smallest absolute Gasteiger partial charge is 0.145 e. The second kappa shape index (κ2) is 7.78. The Labute approximate surface area is 122 Å². The molecule has 0 radical (unpaired) electrons. The van der Waals surface area contributed by atoms with Gasteiger partial charge in [0.15, 0.2) is 0 Å². The molecule has 1 heterocycles. The third-order valence-electron chi connectivity index (χ3n) is 3.42. The predicted octanol–water partition coefficient (Wildman–Crippen LogP) is 2.68. The lowest BCUT2D eigenvalue weighted by Gasteiger charge is -2.32. The van der Waals surface area contributed by atoms with Gasteiger partial charge in [0.1, 0.15) is 5.78 Å². The summed E-state index contributed by atoms with van der Waals surface area (Å²) < 4.78 is 6.00. The molecule has 0 saturated carbocycles. The van der Waals surface area contributed by atoms with E-state index in [-0.39, 0.29) is 17.9 Å². The highest BCUT2D eigenvalue weighted by atomic mass is 79.9. The highest BCUT2D eigenvalue weighted by Gasteiger charge is 2.27. The molecule has 0 unspecified atom stereocenters. The molecule has 0 aromatic heterocycles. The van der Waals surface area contributed by atoms with Crippen molar-refractivity contribution >= 4 is 21.7 Å². The molecule has 3 nitrogen and oxygen atoms in total. The van der Waals surface area contributed by atoms with Gasteiger partial charge in [-0.25, -0.2) is 0 Å². The van der Waals surface area contributed by atoms with Crippen LogP contribution in [0, 0.1) is 0 Å². The molecule has 4 heteroatoms. The van der Waals surface area contributed by atoms with Gasteiger partial charge in [-0.1, -0.05) is 46.3 Å². The van der Waals surface area contributed by atoms with Crippen molar-refractivity contribution in [2.75, 3.05) is 11.9 Å². The van der Waals surface area contributed by atoms with E-state index < -0.39 is 0 Å². The molecule has 0 aliphatic carbocycles. The van der Waals surface area contributed by atoms with Crippen molar-refractivity contribution in [2.45, 2.75) is 38.0 Å². The van der Waals surface area contributed by atoms with Crippen molar-refractivity contribution in [2.24, 2.45) is 0 Å². The van der Waals surface area contributed by atoms with Crippen LogP contribution in [0.5, 0.6) is 0 Å². The average Bonchev–Trinajstić information content (AvgIpc) is 2.47. The van der Waals surface area contributed by atoms with Crippen LogP contribution >= 0.6 is 15.9 Å². The maximum absolute atomic E-state index is 11.6. The molecule has 1 aromatic rings. The number of carbonyl (C=O) groups is 1. The summed E-state index contributed by atoms with van der Waals surface area (Å²) in [6, 6.07) is 10.3. The van der Waals surface area contributed by atoms with Crippen molar-refractivity contribution < 1.29 is 9.53 Å². The van der Waals surface area contributed by atoms with Crippen molar-refractivity contribution in [3.63, 3.8) is 0 Å². The third-order valence-corrected chi connectivity index (χ3v) is 4.05. The lowest BCUT2D eigenvalue weighted by atomic mass is 9.97. The Bertz CT molecular complexity index is 396. The molecule has 0 spiro atoms. The van der Waals surface area contributed by atoms with Gasteiger partial charge in [0.05, 0.1) is 18.0 Å². The van der Waals surface area contributed by atoms with Gasteiger partial charge in [0.2, 0.25) is 0 Å². The van der Waals surface area contributed by atoms with Crippen LogP contribution in [-0.2, 0) is 16.1 Å². The van der Waals surface area contributed by atoms with E-state index in [9.17, 15) is 4.79 Å². The highest BCUT2D eigenvalue weighted by molar-refractivity contribution is 9.09. The molecule has 1 aromatic carbocycles. The standard InChI is InChI=1S/C15H20BrNO2/c16-10-13(18)9-14-15(7-4-8-17-14)19-11-12-5-2-1-3-6-12/h1-3,5-6,14-15,17H,4,7-11H2/t14-,15-/m0/s1. The molecule has 2 atom stereocenters. The van der Waals surface area contributed by atoms with Gasteiger partial charge in [-0.2, -0.15) is 0 Å². The summed E-state index contributed by atoms with van der Waals surface area (Å²) in [6.07, 6.45) is 2.82. The quantitative estimate of drug-likeness (QED) is 0.817. The minimum absolute atomic E-state index is 0.136. The fraction of sp³-hybridized carbons (Fsp3) is 0.533. The molecule has 2 rings (SSSR count). The van der Waals surface area contributed by atoms with Gasteiger partial charge in [-0.05, 0) is 24.9 Å². The fourth-order valence-electron chi connectivity index (χ4n) is 2.40. The first-order valence-electron chi connectivity index (χ1n) is 6.76. The van der Waals surface area contributed by atoms with E-state index in [1.807, 2.05) is 18.2 Å². The van der Waals surface area contributed by atoms with Gasteiger partial charge in [0.25, 0.3) is 0 Å². The minimum Gasteiger partial charge on any atom is -0.372 e. The molecule has 104 valence electrons. The number of benzene rings is 1. The van der Waals surface area contributed by atoms with E-state index in [0.717, 1.165) is 19.4 Å². The number of alkyl halides is 1. The first-order valence-corrected chi connectivity index (χ1v) is 7.88. The normalized spacial score (nSPS) is 23.2. The van der Waals surface area contributed by atoms with Gasteiger partial charge >= 0.3 is 0 Å². The summed E-state index contributed by atoms with van der Waals surface area (Å²) in [7, 11) is 0. The van der Waals surface area contributed by atoms with Crippen LogP contribution in [0.3, 0.4) is 0 Å². The molecule has 19 heavy (non-hydrogen) atoms. The Hall–Kier alpha value is -0.710. The molecule has 0 bridgehead atoms. The number of hydrogen-bond acceptors (Lipinski definition) is 3. The number of ketones is 1. The number of piperidine rings is 1. The van der Waals surface area contributed by atoms with Crippen LogP contribution in [0.15, 0.2) is 30.3 Å². The van der Waals surface area contributed by atoms with E-state index in [0.29, 0.717) is 18.4 Å². The summed E-state index contributed by atoms with van der Waals surface area (Å²) in [5.41, 5.74) is 1.18. The molecular weight excluding hydrogens is 306 g/mol. The monoisotopic (exact) mass is 325 g/mol. The summed E-state index contributed by atoms with van der Waals surface area (Å²) in [5, 5.41) is 3.83. The van der Waals surface area contributed by atoms with Gasteiger partial charge < -0.3 is 10.1 Å². The molecule has 1 fully saturated rings. The maximum atomic E-state index is 11.6. The topological polar surface area (TPSA) is 38.3 Å². The van der Waals surface area contributed by atoms with E-state index in [1.54, 1.807) is 0 Å². The van der Waals surface area contributed by atoms with Crippen molar-refractivity contribution in [3.8, 4) is 0 Å². The van der Waals surface area contributed by atoms with Crippen LogP contribution in [-0.4, -0.2) is 29.8 Å². The van der Waals surface area contributed by atoms with E-state index in [2.05, 4.69) is 33.4 Å². The van der Waals surface area contributed by atoms with E-state index >= 15 is 0 Å². The molecule has 1 aliphatic rings. The number of nitrogens with one attached hydrogen (secondary N) is 1. The first-order chi connectivity index (χ1) is 9.29. The minimum atomic E-state index is 0.136. The molecule has 1 N–H and O–H groups in total. The van der Waals surface area contributed by atoms with Crippen LogP contribution in [0.25, 0.3) is 0 Å². The Morgan fingerprint density at radius 2 is 2.16 bits per heavy atom. The number of ether oxygens (including phenoxy) is 1. The zero-order valence-corrected chi connectivity index (χ0v) is 12.6. The summed E-state index contributed by atoms with van der Waals surface area (Å²) >= 11 is 3.22. The van der Waals surface area contributed by atoms with Crippen molar-refractivity contribution in [3.05, 3.63) is 35.9 Å². The Morgan fingerprint density at radius 1 is 1.37 bits per heavy atom. The second-order valence-corrected chi connectivity index (χ2v) is 5.48. The Balaban J connectivity index is 1.87. The lowest BCUT2D eigenvalue weighted by molar-refractivity contribution is -0.118. The molecule has 0 amide bonds. The first kappa shape index (κ1) is 14.7. The SMILES string of the molecule is O=C(CBr)C[C@@H]1NCCC[C@@H]1OCc1ccccc1. The largest absolute Gasteiger partial charge is 0.372 e. The summed E-state index contributed by atoms with van der Waals surface area (Å²) in [4.78, 5) is 11.6. The van der Waals surface area contributed by atoms with Crippen molar-refractivity contribution in [1.29, 1.82) is 0 Å². The van der Waals surface area contributed by atoms with Gasteiger partial charge in [0, 0.05) is 12.5 Å². The van der Waals surface area contributed by atoms with Crippen LogP contribution in [0.2, 0.25) is 0 Å². The van der Waals surface area contributed by atoms with Gasteiger partial charge in [-0.3, -0.25) is 4.79 Å². The number of carbonyl (C=O) groups excluding carboxylic acids is 1. The number of hydrogen-bond donors (Lipinski definition) is 1. The number of Topliss-reactive ketones (excluding diaryl/α,β-unsaturated/α-hetero) is 1. The zero-order valence-electron chi connectivity index (χ0n) is 11.0. The zero-order chi connectivity index (χ0) is 13.5. The number of halogens is 1. The highest BCUT2D eigenvalue weighted by Crippen LogP contribution is 2.17. The summed E-state index contributed by atoms with van der Waals surface area (Å²) in [6.45, 7) is 1.59. The number of rotatable bonds is 6. The average molecular weight is 326 g/mol. The van der Waals surface area contributed by atoms with E-state index in [4.69, 9.17) is 4.74 Å². The van der Waals surface area contributed by atoms with Crippen molar-refractivity contribution in [1.82, 2.24) is 5.32 Å². The second-order valence-electron chi connectivity index (χ2n) is 4.91. The Kier molecular flexibility index (Phi) is 6.01. The fourth-order valence-corrected chi connectivity index (χ4v) is 2.63. The lowest BCUT2D eigenvalue weighted by Crippen LogP contribution is -2.47. The van der Waals surface area contributed by atoms with Crippen LogP contribution in [0.4, 0.5) is 0 Å². The van der Waals surface area contributed by atoms with Crippen LogP contribution in [0.1, 0.15) is 24.8 Å². The van der Waals surface area contributed by atoms with Gasteiger partial charge in [-0.15, -0.1) is 0 Å². The predicted molar refractivity (Wildman–Crippen MR) is 79.5 cm³/mol. The van der Waals surface area contributed by atoms with Crippen LogP contribution < -0.4 is 5.32 Å². The summed E-state index contributed by atoms with van der Waals surface area (Å²) in [5.74, 6) is 0.229.